The minimum Gasteiger partial charge on any atom is -0.338 e. The summed E-state index contributed by atoms with van der Waals surface area (Å²) in [6, 6.07) is 2.53. The maximum absolute atomic E-state index is 13.7. The van der Waals surface area contributed by atoms with Gasteiger partial charge in [-0.3, -0.25) is 9.59 Å². The van der Waals surface area contributed by atoms with E-state index < -0.39 is 35.2 Å². The maximum atomic E-state index is 13.7. The molecule has 1 saturated heterocycles. The molecule has 1 fully saturated rings. The number of amides is 1. The molecule has 1 amide bonds. The fourth-order valence-corrected chi connectivity index (χ4v) is 5.14. The Morgan fingerprint density at radius 2 is 2.03 bits per heavy atom. The molecule has 32 heavy (non-hydrogen) atoms. The zero-order valence-electron chi connectivity index (χ0n) is 16.4. The number of pyridine rings is 1. The average molecular weight is 491 g/mol. The average Bonchev–Trinajstić information content (AvgIpc) is 3.36. The Morgan fingerprint density at radius 3 is 2.66 bits per heavy atom. The van der Waals surface area contributed by atoms with E-state index in [0.717, 1.165) is 15.9 Å². The third-order valence-corrected chi connectivity index (χ3v) is 6.73. The number of benzene rings is 1. The first-order valence-electron chi connectivity index (χ1n) is 9.58. The summed E-state index contributed by atoms with van der Waals surface area (Å²) < 4.78 is 68.3. The number of aromatic nitrogens is 1. The van der Waals surface area contributed by atoms with E-state index in [4.69, 9.17) is 11.6 Å². The molecule has 170 valence electrons. The van der Waals surface area contributed by atoms with Gasteiger partial charge in [0.2, 0.25) is 5.91 Å². The molecular formula is C21H16ClF5N2O2S. The first kappa shape index (κ1) is 22.7. The van der Waals surface area contributed by atoms with Gasteiger partial charge in [0.15, 0.2) is 0 Å². The molecule has 0 bridgehead atoms. The van der Waals surface area contributed by atoms with Crippen LogP contribution in [0.4, 0.5) is 22.0 Å². The molecule has 4 nitrogen and oxygen atoms in total. The Balaban J connectivity index is 1.82. The maximum Gasteiger partial charge on any atom is 0.419 e. The highest BCUT2D eigenvalue weighted by Crippen LogP contribution is 2.38. The van der Waals surface area contributed by atoms with E-state index in [-0.39, 0.29) is 48.4 Å². The van der Waals surface area contributed by atoms with Gasteiger partial charge in [0.1, 0.15) is 18.5 Å². The number of alkyl halides is 5. The molecule has 0 saturated carbocycles. The van der Waals surface area contributed by atoms with Crippen molar-refractivity contribution in [2.45, 2.75) is 31.2 Å². The van der Waals surface area contributed by atoms with Crippen LogP contribution in [-0.2, 0) is 23.4 Å². The monoisotopic (exact) mass is 490 g/mol. The van der Waals surface area contributed by atoms with Gasteiger partial charge in [0.25, 0.3) is 5.56 Å². The van der Waals surface area contributed by atoms with Gasteiger partial charge in [-0.15, -0.1) is 22.9 Å². The fourth-order valence-electron chi connectivity index (χ4n) is 3.78. The normalized spacial score (nSPS) is 16.8. The van der Waals surface area contributed by atoms with Gasteiger partial charge in [0, 0.05) is 33.9 Å². The Bertz CT molecular complexity index is 1250. The van der Waals surface area contributed by atoms with Gasteiger partial charge < -0.3 is 9.47 Å². The number of hydrogen-bond acceptors (Lipinski definition) is 3. The summed E-state index contributed by atoms with van der Waals surface area (Å²) in [5.41, 5.74) is -1.29. The lowest BCUT2D eigenvalue weighted by molar-refractivity contribution is -0.140. The summed E-state index contributed by atoms with van der Waals surface area (Å²) in [4.78, 5) is 27.1. The Morgan fingerprint density at radius 1 is 1.28 bits per heavy atom. The first-order chi connectivity index (χ1) is 15.1. The number of thiophene rings is 1. The number of nitrogens with zero attached hydrogens (tertiary/aromatic N) is 2. The predicted molar refractivity (Wildman–Crippen MR) is 112 cm³/mol. The number of rotatable bonds is 4. The topological polar surface area (TPSA) is 42.3 Å². The van der Waals surface area contributed by atoms with Crippen LogP contribution in [0, 0.1) is 5.82 Å². The lowest BCUT2D eigenvalue weighted by atomic mass is 10.0. The van der Waals surface area contributed by atoms with Crippen LogP contribution in [0.1, 0.15) is 17.5 Å². The Hall–Kier alpha value is -2.46. The smallest absolute Gasteiger partial charge is 0.338 e. The molecule has 4 rings (SSSR count). The molecule has 3 aromatic rings. The first-order valence-corrected chi connectivity index (χ1v) is 11.0. The third-order valence-electron chi connectivity index (χ3n) is 5.38. The number of carbonyl (C=O) groups excluding carboxylic acids is 1. The van der Waals surface area contributed by atoms with Gasteiger partial charge in [-0.05, 0) is 24.1 Å². The van der Waals surface area contributed by atoms with Crippen LogP contribution in [0.25, 0.3) is 21.2 Å². The Kier molecular flexibility index (Phi) is 6.02. The highest BCUT2D eigenvalue weighted by molar-refractivity contribution is 7.18. The van der Waals surface area contributed by atoms with Crippen molar-refractivity contribution in [1.82, 2.24) is 9.47 Å². The van der Waals surface area contributed by atoms with E-state index in [1.165, 1.54) is 22.5 Å². The summed E-state index contributed by atoms with van der Waals surface area (Å²) in [5, 5.41) is 1.61. The Labute approximate surface area is 187 Å². The molecule has 1 unspecified atom stereocenters. The number of likely N-dealkylation sites (tertiary alicyclic amines) is 1. The number of hydrogen-bond donors (Lipinski definition) is 0. The van der Waals surface area contributed by atoms with E-state index in [0.29, 0.717) is 22.4 Å². The van der Waals surface area contributed by atoms with Gasteiger partial charge in [-0.2, -0.15) is 13.2 Å². The highest BCUT2D eigenvalue weighted by Gasteiger charge is 2.34. The van der Waals surface area contributed by atoms with Crippen LogP contribution < -0.4 is 5.56 Å². The zero-order valence-corrected chi connectivity index (χ0v) is 18.0. The van der Waals surface area contributed by atoms with Crippen LogP contribution in [0.3, 0.4) is 0 Å². The highest BCUT2D eigenvalue weighted by atomic mass is 35.5. The molecule has 2 aromatic heterocycles. The second-order valence-corrected chi connectivity index (χ2v) is 8.64. The summed E-state index contributed by atoms with van der Waals surface area (Å²) in [7, 11) is 0. The van der Waals surface area contributed by atoms with Crippen LogP contribution >= 0.6 is 22.9 Å². The van der Waals surface area contributed by atoms with Gasteiger partial charge in [0.05, 0.1) is 23.4 Å². The molecule has 11 heteroatoms. The minimum atomic E-state index is -4.90. The van der Waals surface area contributed by atoms with E-state index in [9.17, 15) is 31.5 Å². The van der Waals surface area contributed by atoms with Crippen LogP contribution in [-0.4, -0.2) is 34.6 Å². The summed E-state index contributed by atoms with van der Waals surface area (Å²) in [5.74, 6) is -1.86. The van der Waals surface area contributed by atoms with E-state index in [1.807, 2.05) is 0 Å². The van der Waals surface area contributed by atoms with Crippen LogP contribution in [0.15, 0.2) is 34.6 Å². The quantitative estimate of drug-likeness (QED) is 0.373. The fraction of sp³-hybridized carbons (Fsp3) is 0.333. The van der Waals surface area contributed by atoms with E-state index in [2.05, 4.69) is 0 Å². The molecular weight excluding hydrogens is 475 g/mol. The molecule has 1 atom stereocenters. The molecule has 1 aromatic carbocycles. The lowest BCUT2D eigenvalue weighted by Gasteiger charge is -2.17. The van der Waals surface area contributed by atoms with Gasteiger partial charge >= 0.3 is 6.18 Å². The molecule has 0 spiro atoms. The zero-order chi connectivity index (χ0) is 23.2. The summed E-state index contributed by atoms with van der Waals surface area (Å²) in [6.07, 6.45) is -4.34. The number of fused-ring (bicyclic) bond motifs is 1. The van der Waals surface area contributed by atoms with Gasteiger partial charge in [-0.1, -0.05) is 6.07 Å². The van der Waals surface area contributed by atoms with Crippen molar-refractivity contribution in [3.8, 4) is 11.1 Å². The molecule has 0 radical (unpaired) electrons. The number of halogens is 6. The predicted octanol–water partition coefficient (Wildman–Crippen LogP) is 5.20. The third kappa shape index (κ3) is 4.13. The van der Waals surface area contributed by atoms with Gasteiger partial charge in [-0.25, -0.2) is 8.78 Å². The molecule has 0 aliphatic carbocycles. The van der Waals surface area contributed by atoms with Crippen molar-refractivity contribution in [2.75, 3.05) is 13.1 Å². The minimum absolute atomic E-state index is 0.00158. The number of carbonyl (C=O) groups is 1. The second kappa shape index (κ2) is 8.47. The van der Waals surface area contributed by atoms with Crippen molar-refractivity contribution in [2.24, 2.45) is 0 Å². The molecule has 1 aliphatic rings. The van der Waals surface area contributed by atoms with Crippen molar-refractivity contribution < 1.29 is 26.7 Å². The SMILES string of the molecule is O=C(Cn1cc(CCl)c2scc(-c3ccc(F)c(C(F)(F)F)c3)c2c1=O)N1CCC(F)C1. The molecule has 1 aliphatic heterocycles. The van der Waals surface area contributed by atoms with E-state index in [1.54, 1.807) is 0 Å². The van der Waals surface area contributed by atoms with Crippen LogP contribution in [0.2, 0.25) is 0 Å². The molecule has 0 N–H and O–H groups in total. The van der Waals surface area contributed by atoms with Crippen molar-refractivity contribution >= 4 is 38.9 Å². The van der Waals surface area contributed by atoms with Crippen molar-refractivity contribution in [1.29, 1.82) is 0 Å². The standard InChI is InChI=1S/C21H16ClF5N2O2S/c22-6-12-7-29(9-17(30)28-4-3-13(23)8-28)20(31)18-14(10-32-19(12)18)11-1-2-16(24)15(5-11)21(25,26)27/h1-2,5,7,10,13H,3-4,6,8-9H2. The van der Waals surface area contributed by atoms with E-state index >= 15 is 0 Å². The van der Waals surface area contributed by atoms with Crippen molar-refractivity contribution in [3.63, 3.8) is 0 Å². The lowest BCUT2D eigenvalue weighted by Crippen LogP contribution is -2.35. The summed E-state index contributed by atoms with van der Waals surface area (Å²) >= 11 is 7.15. The summed E-state index contributed by atoms with van der Waals surface area (Å²) in [6.45, 7) is -0.144. The second-order valence-electron chi connectivity index (χ2n) is 7.49. The van der Waals surface area contributed by atoms with Crippen molar-refractivity contribution in [3.05, 3.63) is 57.1 Å². The van der Waals surface area contributed by atoms with Crippen LogP contribution in [0.5, 0.6) is 0 Å². The molecule has 3 heterocycles. The largest absolute Gasteiger partial charge is 0.419 e.